The predicted octanol–water partition coefficient (Wildman–Crippen LogP) is 3.06. The van der Waals surface area contributed by atoms with E-state index in [0.29, 0.717) is 11.8 Å². The lowest BCUT2D eigenvalue weighted by Gasteiger charge is -2.15. The van der Waals surface area contributed by atoms with Gasteiger partial charge in [0.05, 0.1) is 22.3 Å². The van der Waals surface area contributed by atoms with Gasteiger partial charge >= 0.3 is 0 Å². The molecule has 1 saturated carbocycles. The molecule has 0 spiro atoms. The molecule has 1 aliphatic rings. The van der Waals surface area contributed by atoms with Crippen molar-refractivity contribution in [3.8, 4) is 0 Å². The fourth-order valence-corrected chi connectivity index (χ4v) is 2.74. The largest absolute Gasteiger partial charge is 0.299 e. The van der Waals surface area contributed by atoms with E-state index in [0.717, 1.165) is 29.4 Å². The van der Waals surface area contributed by atoms with Crippen LogP contribution in [-0.4, -0.2) is 15.6 Å². The van der Waals surface area contributed by atoms with Crippen molar-refractivity contribution in [2.24, 2.45) is 0 Å². The summed E-state index contributed by atoms with van der Waals surface area (Å²) in [4.78, 5) is 11.7. The van der Waals surface area contributed by atoms with Crippen LogP contribution in [0.5, 0.6) is 0 Å². The van der Waals surface area contributed by atoms with Gasteiger partial charge in [-0.1, -0.05) is 0 Å². The Morgan fingerprint density at radius 1 is 1.60 bits per heavy atom. The number of aromatic nitrogens is 2. The molecule has 3 nitrogen and oxygen atoms in total. The summed E-state index contributed by atoms with van der Waals surface area (Å²) >= 11 is 3.49. The van der Waals surface area contributed by atoms with Gasteiger partial charge in [0.1, 0.15) is 5.78 Å². The third-order valence-corrected chi connectivity index (χ3v) is 3.52. The molecule has 0 aromatic carbocycles. The number of carbonyl (C=O) groups excluding carboxylic acids is 1. The quantitative estimate of drug-likeness (QED) is 0.828. The zero-order valence-electron chi connectivity index (χ0n) is 9.03. The molecule has 0 aliphatic heterocycles. The van der Waals surface area contributed by atoms with E-state index in [4.69, 9.17) is 0 Å². The van der Waals surface area contributed by atoms with Crippen molar-refractivity contribution in [1.29, 1.82) is 0 Å². The van der Waals surface area contributed by atoms with E-state index < -0.39 is 0 Å². The summed E-state index contributed by atoms with van der Waals surface area (Å²) in [7, 11) is 0. The number of Topliss-reactive ketones (excluding diaryl/α,β-unsaturated/α-hetero) is 1. The molecule has 2 rings (SSSR count). The number of ketones is 1. The Kier molecular flexibility index (Phi) is 2.96. The van der Waals surface area contributed by atoms with Gasteiger partial charge in [-0.25, -0.2) is 0 Å². The maximum atomic E-state index is 11.7. The summed E-state index contributed by atoms with van der Waals surface area (Å²) in [5.41, 5.74) is 1.06. The molecule has 1 unspecified atom stereocenters. The van der Waals surface area contributed by atoms with Gasteiger partial charge in [0.2, 0.25) is 0 Å². The summed E-state index contributed by atoms with van der Waals surface area (Å²) in [6.45, 7) is 4.17. The first-order chi connectivity index (χ1) is 7.11. The standard InChI is InChI=1S/C11H15BrN2O/c1-7(2)14-11(9(12)6-13-14)8-4-3-5-10(8)15/h6-8H,3-5H2,1-2H3. The highest BCUT2D eigenvalue weighted by molar-refractivity contribution is 9.10. The molecule has 1 fully saturated rings. The van der Waals surface area contributed by atoms with Gasteiger partial charge in [0.15, 0.2) is 0 Å². The lowest BCUT2D eigenvalue weighted by molar-refractivity contribution is -0.118. The molecule has 1 atom stereocenters. The Hall–Kier alpha value is -0.640. The average molecular weight is 271 g/mol. The predicted molar refractivity (Wildman–Crippen MR) is 61.9 cm³/mol. The first kappa shape index (κ1) is 10.9. The van der Waals surface area contributed by atoms with E-state index >= 15 is 0 Å². The highest BCUT2D eigenvalue weighted by Crippen LogP contribution is 2.36. The summed E-state index contributed by atoms with van der Waals surface area (Å²) < 4.78 is 2.93. The Bertz CT molecular complexity index is 384. The minimum absolute atomic E-state index is 0.0595. The molecule has 1 heterocycles. The first-order valence-corrected chi connectivity index (χ1v) is 6.16. The van der Waals surface area contributed by atoms with Crippen molar-refractivity contribution < 1.29 is 4.79 Å². The summed E-state index contributed by atoms with van der Waals surface area (Å²) in [6, 6.07) is 0.305. The van der Waals surface area contributed by atoms with Gasteiger partial charge in [-0.3, -0.25) is 9.48 Å². The number of nitrogens with zero attached hydrogens (tertiary/aromatic N) is 2. The van der Waals surface area contributed by atoms with Crippen LogP contribution in [0.25, 0.3) is 0 Å². The molecule has 82 valence electrons. The van der Waals surface area contributed by atoms with Crippen LogP contribution in [0, 0.1) is 0 Å². The van der Waals surface area contributed by atoms with Crippen LogP contribution in [0.4, 0.5) is 0 Å². The van der Waals surface area contributed by atoms with Gasteiger partial charge in [-0.2, -0.15) is 5.10 Å². The second-order valence-corrected chi connectivity index (χ2v) is 5.18. The van der Waals surface area contributed by atoms with Gasteiger partial charge in [-0.05, 0) is 42.6 Å². The van der Waals surface area contributed by atoms with E-state index in [2.05, 4.69) is 34.9 Å². The fraction of sp³-hybridized carbons (Fsp3) is 0.636. The third-order valence-electron chi connectivity index (χ3n) is 2.91. The molecule has 0 N–H and O–H groups in total. The Morgan fingerprint density at radius 3 is 2.87 bits per heavy atom. The first-order valence-electron chi connectivity index (χ1n) is 5.37. The topological polar surface area (TPSA) is 34.9 Å². The lowest BCUT2D eigenvalue weighted by Crippen LogP contribution is -2.14. The zero-order valence-corrected chi connectivity index (χ0v) is 10.6. The summed E-state index contributed by atoms with van der Waals surface area (Å²) in [6.07, 6.45) is 4.50. The summed E-state index contributed by atoms with van der Waals surface area (Å²) in [5.74, 6) is 0.419. The van der Waals surface area contributed by atoms with Crippen molar-refractivity contribution >= 4 is 21.7 Å². The zero-order chi connectivity index (χ0) is 11.0. The number of carbonyl (C=O) groups is 1. The van der Waals surface area contributed by atoms with Crippen LogP contribution in [0.3, 0.4) is 0 Å². The maximum Gasteiger partial charge on any atom is 0.141 e. The van der Waals surface area contributed by atoms with Gasteiger partial charge in [-0.15, -0.1) is 0 Å². The smallest absolute Gasteiger partial charge is 0.141 e. The maximum absolute atomic E-state index is 11.7. The van der Waals surface area contributed by atoms with Crippen LogP contribution >= 0.6 is 15.9 Å². The molecule has 0 radical (unpaired) electrons. The molecule has 4 heteroatoms. The second kappa shape index (κ2) is 4.08. The van der Waals surface area contributed by atoms with Crippen molar-refractivity contribution in [2.75, 3.05) is 0 Å². The average Bonchev–Trinajstić information content (AvgIpc) is 2.71. The molecular formula is C11H15BrN2O. The van der Waals surface area contributed by atoms with E-state index in [9.17, 15) is 4.79 Å². The molecule has 15 heavy (non-hydrogen) atoms. The van der Waals surface area contributed by atoms with E-state index in [-0.39, 0.29) is 5.92 Å². The fourth-order valence-electron chi connectivity index (χ4n) is 2.19. The highest BCUT2D eigenvalue weighted by Gasteiger charge is 2.31. The number of halogens is 1. The van der Waals surface area contributed by atoms with Crippen molar-refractivity contribution in [1.82, 2.24) is 9.78 Å². The number of rotatable bonds is 2. The normalized spacial score (nSPS) is 21.6. The minimum atomic E-state index is 0.0595. The molecule has 1 aliphatic carbocycles. The van der Waals surface area contributed by atoms with Gasteiger partial charge in [0, 0.05) is 12.5 Å². The van der Waals surface area contributed by atoms with Crippen molar-refractivity contribution in [3.63, 3.8) is 0 Å². The molecule has 1 aromatic rings. The number of hydrogen-bond acceptors (Lipinski definition) is 2. The van der Waals surface area contributed by atoms with Crippen LogP contribution in [0.15, 0.2) is 10.7 Å². The van der Waals surface area contributed by atoms with Crippen molar-refractivity contribution in [2.45, 2.75) is 45.1 Å². The van der Waals surface area contributed by atoms with E-state index in [1.807, 2.05) is 4.68 Å². The van der Waals surface area contributed by atoms with Crippen molar-refractivity contribution in [3.05, 3.63) is 16.4 Å². The van der Waals surface area contributed by atoms with E-state index in [1.165, 1.54) is 0 Å². The third kappa shape index (κ3) is 1.87. The highest BCUT2D eigenvalue weighted by atomic mass is 79.9. The monoisotopic (exact) mass is 270 g/mol. The molecule has 0 saturated heterocycles. The molecular weight excluding hydrogens is 256 g/mol. The Morgan fingerprint density at radius 2 is 2.33 bits per heavy atom. The minimum Gasteiger partial charge on any atom is -0.299 e. The Labute approximate surface area is 98.0 Å². The number of hydrogen-bond donors (Lipinski definition) is 0. The lowest BCUT2D eigenvalue weighted by atomic mass is 10.0. The van der Waals surface area contributed by atoms with Crippen LogP contribution in [-0.2, 0) is 4.79 Å². The summed E-state index contributed by atoms with van der Waals surface area (Å²) in [5, 5.41) is 4.31. The van der Waals surface area contributed by atoms with Crippen LogP contribution < -0.4 is 0 Å². The van der Waals surface area contributed by atoms with E-state index in [1.54, 1.807) is 6.20 Å². The van der Waals surface area contributed by atoms with Crippen LogP contribution in [0.2, 0.25) is 0 Å². The molecule has 0 amide bonds. The van der Waals surface area contributed by atoms with Crippen LogP contribution in [0.1, 0.15) is 50.8 Å². The van der Waals surface area contributed by atoms with Gasteiger partial charge < -0.3 is 0 Å². The SMILES string of the molecule is CC(C)n1ncc(Br)c1C1CCCC1=O. The molecule has 1 aromatic heterocycles. The second-order valence-electron chi connectivity index (χ2n) is 4.33. The Balaban J connectivity index is 2.41. The van der Waals surface area contributed by atoms with Gasteiger partial charge in [0.25, 0.3) is 0 Å². The molecule has 0 bridgehead atoms.